The molecule has 0 fully saturated rings. The van der Waals surface area contributed by atoms with Crippen molar-refractivity contribution in [2.75, 3.05) is 11.5 Å². The summed E-state index contributed by atoms with van der Waals surface area (Å²) in [7, 11) is 0. The van der Waals surface area contributed by atoms with Crippen molar-refractivity contribution in [3.8, 4) is 11.1 Å². The van der Waals surface area contributed by atoms with Gasteiger partial charge in [0.2, 0.25) is 5.91 Å². The van der Waals surface area contributed by atoms with Crippen LogP contribution in [0.3, 0.4) is 0 Å². The van der Waals surface area contributed by atoms with Crippen LogP contribution in [-0.2, 0) is 20.7 Å². The Kier molecular flexibility index (Phi) is 5.53. The lowest BCUT2D eigenvalue weighted by Crippen LogP contribution is -2.52. The maximum absolute atomic E-state index is 13.1. The molecule has 3 aromatic rings. The summed E-state index contributed by atoms with van der Waals surface area (Å²) in [6.07, 6.45) is -0.489. The van der Waals surface area contributed by atoms with Gasteiger partial charge in [-0.15, -0.1) is 0 Å². The molecule has 0 saturated carbocycles. The Hall–Kier alpha value is -4.13. The first-order valence-corrected chi connectivity index (χ1v) is 11.2. The van der Waals surface area contributed by atoms with Crippen molar-refractivity contribution >= 4 is 23.7 Å². The van der Waals surface area contributed by atoms with Gasteiger partial charge in [-0.05, 0) is 40.8 Å². The van der Waals surface area contributed by atoms with E-state index < -0.39 is 30.1 Å². The first kappa shape index (κ1) is 21.7. The third-order valence-electron chi connectivity index (χ3n) is 6.55. The predicted molar refractivity (Wildman–Crippen MR) is 127 cm³/mol. The van der Waals surface area contributed by atoms with Gasteiger partial charge < -0.3 is 15.2 Å². The fraction of sp³-hybridized carbons (Fsp3) is 0.222. The molecule has 1 heterocycles. The number of nitrogens with one attached hydrogen (secondary N) is 1. The van der Waals surface area contributed by atoms with Crippen LogP contribution < -0.4 is 10.2 Å². The highest BCUT2D eigenvalue weighted by Crippen LogP contribution is 2.44. The summed E-state index contributed by atoms with van der Waals surface area (Å²) < 4.78 is 5.53. The molecule has 2 aliphatic rings. The molecule has 0 radical (unpaired) electrons. The number of carboxylic acids is 1. The smallest absolute Gasteiger partial charge is 0.407 e. The molecule has 2 atom stereocenters. The second kappa shape index (κ2) is 8.67. The van der Waals surface area contributed by atoms with Crippen LogP contribution in [0.1, 0.15) is 29.5 Å². The van der Waals surface area contributed by atoms with E-state index in [4.69, 9.17) is 4.74 Å². The number of para-hydroxylation sites is 1. The first-order valence-electron chi connectivity index (χ1n) is 11.2. The summed E-state index contributed by atoms with van der Waals surface area (Å²) >= 11 is 0. The van der Waals surface area contributed by atoms with Crippen LogP contribution >= 0.6 is 0 Å². The topological polar surface area (TPSA) is 95.9 Å². The standard InChI is InChI=1S/C27H24N2O5/c1-16(25(30)29-23-13-7-2-8-17(23)14-24(29)26(31)32)28-27(33)34-15-22-20-11-5-3-9-18(20)19-10-4-6-12-21(19)22/h2-13,16,22,24H,14-15H2,1H3,(H,28,33)(H,31,32)/t16-,24-/m0/s1. The minimum absolute atomic E-state index is 0.0917. The van der Waals surface area contributed by atoms with Gasteiger partial charge in [0.25, 0.3) is 0 Å². The van der Waals surface area contributed by atoms with Crippen LogP contribution in [0.25, 0.3) is 11.1 Å². The minimum Gasteiger partial charge on any atom is -0.480 e. The Balaban J connectivity index is 1.27. The zero-order valence-corrected chi connectivity index (χ0v) is 18.6. The van der Waals surface area contributed by atoms with Gasteiger partial charge in [-0.25, -0.2) is 9.59 Å². The van der Waals surface area contributed by atoms with Crippen molar-refractivity contribution in [1.82, 2.24) is 5.32 Å². The van der Waals surface area contributed by atoms with Crippen LogP contribution in [0.5, 0.6) is 0 Å². The van der Waals surface area contributed by atoms with Crippen LogP contribution in [0.4, 0.5) is 10.5 Å². The second-order valence-electron chi connectivity index (χ2n) is 8.59. The lowest BCUT2D eigenvalue weighted by atomic mass is 9.98. The largest absolute Gasteiger partial charge is 0.480 e. The predicted octanol–water partition coefficient (Wildman–Crippen LogP) is 3.96. The molecule has 0 bridgehead atoms. The zero-order chi connectivity index (χ0) is 23.8. The molecule has 5 rings (SSSR count). The zero-order valence-electron chi connectivity index (χ0n) is 18.6. The fourth-order valence-electron chi connectivity index (χ4n) is 4.94. The molecule has 2 N–H and O–H groups in total. The van der Waals surface area contributed by atoms with E-state index in [2.05, 4.69) is 17.4 Å². The van der Waals surface area contributed by atoms with Crippen LogP contribution in [0.15, 0.2) is 72.8 Å². The summed E-state index contributed by atoms with van der Waals surface area (Å²) in [6, 6.07) is 21.2. The molecule has 0 spiro atoms. The molecular weight excluding hydrogens is 432 g/mol. The van der Waals surface area contributed by atoms with Crippen LogP contribution in [-0.4, -0.2) is 41.8 Å². The van der Waals surface area contributed by atoms with Gasteiger partial charge in [0.1, 0.15) is 18.7 Å². The van der Waals surface area contributed by atoms with E-state index in [9.17, 15) is 19.5 Å². The molecule has 0 saturated heterocycles. The average Bonchev–Trinajstić information content (AvgIpc) is 3.39. The average molecular weight is 456 g/mol. The number of rotatable bonds is 5. The lowest BCUT2D eigenvalue weighted by molar-refractivity contribution is -0.140. The summed E-state index contributed by atoms with van der Waals surface area (Å²) in [4.78, 5) is 38.8. The number of carbonyl (C=O) groups excluding carboxylic acids is 2. The van der Waals surface area contributed by atoms with Crippen LogP contribution in [0.2, 0.25) is 0 Å². The molecule has 2 amide bonds. The van der Waals surface area contributed by atoms with E-state index in [1.165, 1.54) is 11.8 Å². The summed E-state index contributed by atoms with van der Waals surface area (Å²) in [5, 5.41) is 12.2. The van der Waals surface area contributed by atoms with Gasteiger partial charge >= 0.3 is 12.1 Å². The molecule has 7 nitrogen and oxygen atoms in total. The van der Waals surface area contributed by atoms with E-state index in [-0.39, 0.29) is 18.9 Å². The van der Waals surface area contributed by atoms with E-state index >= 15 is 0 Å². The molecule has 172 valence electrons. The number of alkyl carbamates (subject to hydrolysis) is 1. The molecule has 34 heavy (non-hydrogen) atoms. The Morgan fingerprint density at radius 3 is 2.21 bits per heavy atom. The van der Waals surface area contributed by atoms with Gasteiger partial charge in [-0.3, -0.25) is 9.69 Å². The normalized spacial score (nSPS) is 16.9. The number of fused-ring (bicyclic) bond motifs is 4. The molecule has 0 unspecified atom stereocenters. The van der Waals surface area contributed by atoms with Gasteiger partial charge in [0.05, 0.1) is 0 Å². The van der Waals surface area contributed by atoms with Crippen molar-refractivity contribution in [2.45, 2.75) is 31.3 Å². The number of aliphatic carboxylic acids is 1. The maximum atomic E-state index is 13.1. The Morgan fingerprint density at radius 1 is 0.971 bits per heavy atom. The van der Waals surface area contributed by atoms with E-state index in [1.807, 2.05) is 48.5 Å². The molecule has 3 aromatic carbocycles. The van der Waals surface area contributed by atoms with Gasteiger partial charge in [0, 0.05) is 18.0 Å². The third-order valence-corrected chi connectivity index (χ3v) is 6.55. The Bertz CT molecular complexity index is 1240. The van der Waals surface area contributed by atoms with Crippen molar-refractivity contribution in [2.24, 2.45) is 0 Å². The van der Waals surface area contributed by atoms with Gasteiger partial charge in [-0.1, -0.05) is 66.7 Å². The van der Waals surface area contributed by atoms with Crippen molar-refractivity contribution in [3.05, 3.63) is 89.5 Å². The van der Waals surface area contributed by atoms with Crippen molar-refractivity contribution in [1.29, 1.82) is 0 Å². The Labute approximate surface area is 197 Å². The highest BCUT2D eigenvalue weighted by molar-refractivity contribution is 6.05. The SMILES string of the molecule is C[C@H](NC(=O)OCC1c2ccccc2-c2ccccc21)C(=O)N1c2ccccc2C[C@H]1C(=O)O. The summed E-state index contributed by atoms with van der Waals surface area (Å²) in [5.41, 5.74) is 5.79. The highest BCUT2D eigenvalue weighted by Gasteiger charge is 2.40. The molecule has 7 heteroatoms. The van der Waals surface area contributed by atoms with Crippen molar-refractivity contribution in [3.63, 3.8) is 0 Å². The monoisotopic (exact) mass is 456 g/mol. The summed E-state index contributed by atoms with van der Waals surface area (Å²) in [5.74, 6) is -1.67. The third kappa shape index (κ3) is 3.69. The number of ether oxygens (including phenoxy) is 1. The number of nitrogens with zero attached hydrogens (tertiary/aromatic N) is 1. The Morgan fingerprint density at radius 2 is 1.56 bits per heavy atom. The number of hydrogen-bond acceptors (Lipinski definition) is 4. The van der Waals surface area contributed by atoms with Gasteiger partial charge in [-0.2, -0.15) is 0 Å². The first-order chi connectivity index (χ1) is 16.5. The molecule has 1 aliphatic carbocycles. The summed E-state index contributed by atoms with van der Waals surface area (Å²) in [6.45, 7) is 1.66. The maximum Gasteiger partial charge on any atom is 0.407 e. The van der Waals surface area contributed by atoms with Crippen LogP contribution in [0, 0.1) is 0 Å². The number of benzene rings is 3. The number of anilines is 1. The number of hydrogen-bond donors (Lipinski definition) is 2. The fourth-order valence-corrected chi connectivity index (χ4v) is 4.94. The number of amides is 2. The molecule has 1 aliphatic heterocycles. The molecule has 0 aromatic heterocycles. The quantitative estimate of drug-likeness (QED) is 0.606. The second-order valence-corrected chi connectivity index (χ2v) is 8.59. The van der Waals surface area contributed by atoms with Crippen molar-refractivity contribution < 1.29 is 24.2 Å². The number of carbonyl (C=O) groups is 3. The van der Waals surface area contributed by atoms with E-state index in [0.29, 0.717) is 5.69 Å². The van der Waals surface area contributed by atoms with E-state index in [1.54, 1.807) is 12.1 Å². The van der Waals surface area contributed by atoms with E-state index in [0.717, 1.165) is 27.8 Å². The number of carboxylic acid groups (broad SMARTS) is 1. The highest BCUT2D eigenvalue weighted by atomic mass is 16.5. The lowest BCUT2D eigenvalue weighted by Gasteiger charge is -2.26. The minimum atomic E-state index is -1.09. The van der Waals surface area contributed by atoms with Gasteiger partial charge in [0.15, 0.2) is 0 Å². The molecular formula is C27H24N2O5.